The zero-order valence-electron chi connectivity index (χ0n) is 6.55. The minimum Gasteiger partial charge on any atom is -0.468 e. The van der Waals surface area contributed by atoms with E-state index in [4.69, 9.17) is 4.42 Å². The second-order valence-electron chi connectivity index (χ2n) is 2.11. The van der Waals surface area contributed by atoms with E-state index < -0.39 is 0 Å². The van der Waals surface area contributed by atoms with Crippen molar-refractivity contribution in [2.75, 3.05) is 6.54 Å². The molecule has 0 fully saturated rings. The Morgan fingerprint density at radius 3 is 3.18 bits per heavy atom. The SMILES string of the molecule is CC#CCNCc1ccco1. The van der Waals surface area contributed by atoms with Gasteiger partial charge in [-0.25, -0.2) is 0 Å². The van der Waals surface area contributed by atoms with Gasteiger partial charge in [-0.2, -0.15) is 0 Å². The van der Waals surface area contributed by atoms with Crippen LogP contribution in [0, 0.1) is 11.8 Å². The van der Waals surface area contributed by atoms with E-state index in [1.807, 2.05) is 19.1 Å². The van der Waals surface area contributed by atoms with Gasteiger partial charge in [0.15, 0.2) is 0 Å². The monoisotopic (exact) mass is 149 g/mol. The van der Waals surface area contributed by atoms with Gasteiger partial charge in [0.1, 0.15) is 5.76 Å². The molecule has 0 radical (unpaired) electrons. The van der Waals surface area contributed by atoms with Crippen molar-refractivity contribution < 1.29 is 4.42 Å². The Morgan fingerprint density at radius 1 is 1.64 bits per heavy atom. The highest BCUT2D eigenvalue weighted by molar-refractivity contribution is 5.00. The van der Waals surface area contributed by atoms with Crippen molar-refractivity contribution in [1.82, 2.24) is 5.32 Å². The number of hydrogen-bond acceptors (Lipinski definition) is 2. The Balaban J connectivity index is 2.17. The summed E-state index contributed by atoms with van der Waals surface area (Å²) in [7, 11) is 0. The third kappa shape index (κ3) is 2.92. The third-order valence-corrected chi connectivity index (χ3v) is 1.27. The maximum absolute atomic E-state index is 5.10. The van der Waals surface area contributed by atoms with Crippen LogP contribution in [0.1, 0.15) is 12.7 Å². The van der Waals surface area contributed by atoms with Crippen LogP contribution in [0.5, 0.6) is 0 Å². The minimum absolute atomic E-state index is 0.719. The first kappa shape index (κ1) is 7.90. The topological polar surface area (TPSA) is 25.2 Å². The minimum atomic E-state index is 0.719. The van der Waals surface area contributed by atoms with E-state index in [0.717, 1.165) is 18.8 Å². The van der Waals surface area contributed by atoms with Crippen molar-refractivity contribution in [3.63, 3.8) is 0 Å². The van der Waals surface area contributed by atoms with E-state index in [9.17, 15) is 0 Å². The van der Waals surface area contributed by atoms with Crippen molar-refractivity contribution in [1.29, 1.82) is 0 Å². The van der Waals surface area contributed by atoms with Crippen LogP contribution in [0.4, 0.5) is 0 Å². The second-order valence-corrected chi connectivity index (χ2v) is 2.11. The molecule has 0 saturated heterocycles. The second kappa shape index (κ2) is 4.59. The first-order chi connectivity index (χ1) is 5.43. The van der Waals surface area contributed by atoms with Crippen LogP contribution in [0.15, 0.2) is 22.8 Å². The molecular formula is C9H11NO. The fourth-order valence-electron chi connectivity index (χ4n) is 0.750. The molecule has 0 unspecified atom stereocenters. The lowest BCUT2D eigenvalue weighted by atomic mass is 10.4. The molecule has 2 heteroatoms. The highest BCUT2D eigenvalue weighted by Crippen LogP contribution is 1.97. The maximum Gasteiger partial charge on any atom is 0.117 e. The predicted octanol–water partition coefficient (Wildman–Crippen LogP) is 1.39. The molecule has 0 bridgehead atoms. The van der Waals surface area contributed by atoms with Gasteiger partial charge in [0, 0.05) is 0 Å². The summed E-state index contributed by atoms with van der Waals surface area (Å²) in [5.41, 5.74) is 0. The molecule has 0 aliphatic carbocycles. The van der Waals surface area contributed by atoms with Crippen molar-refractivity contribution >= 4 is 0 Å². The van der Waals surface area contributed by atoms with Gasteiger partial charge in [-0.15, -0.1) is 5.92 Å². The maximum atomic E-state index is 5.10. The first-order valence-electron chi connectivity index (χ1n) is 3.56. The lowest BCUT2D eigenvalue weighted by Gasteiger charge is -1.94. The highest BCUT2D eigenvalue weighted by atomic mass is 16.3. The van der Waals surface area contributed by atoms with Gasteiger partial charge >= 0.3 is 0 Å². The Labute approximate surface area is 66.6 Å². The Bertz CT molecular complexity index is 240. The molecule has 0 amide bonds. The number of rotatable bonds is 3. The van der Waals surface area contributed by atoms with E-state index in [1.165, 1.54) is 0 Å². The van der Waals surface area contributed by atoms with Gasteiger partial charge in [0.05, 0.1) is 19.4 Å². The molecule has 1 N–H and O–H groups in total. The van der Waals surface area contributed by atoms with E-state index in [2.05, 4.69) is 17.2 Å². The zero-order valence-corrected chi connectivity index (χ0v) is 6.55. The summed E-state index contributed by atoms with van der Waals surface area (Å²) in [6.45, 7) is 3.30. The molecule has 0 aliphatic heterocycles. The van der Waals surface area contributed by atoms with Gasteiger partial charge in [0.25, 0.3) is 0 Å². The number of hydrogen-bond donors (Lipinski definition) is 1. The zero-order chi connectivity index (χ0) is 7.94. The highest BCUT2D eigenvalue weighted by Gasteiger charge is 1.90. The van der Waals surface area contributed by atoms with Crippen molar-refractivity contribution in [3.05, 3.63) is 24.2 Å². The van der Waals surface area contributed by atoms with Crippen molar-refractivity contribution in [3.8, 4) is 11.8 Å². The normalized spacial score (nSPS) is 8.82. The van der Waals surface area contributed by atoms with Gasteiger partial charge in [-0.1, -0.05) is 5.92 Å². The summed E-state index contributed by atoms with van der Waals surface area (Å²) in [6, 6.07) is 3.81. The molecule has 0 aromatic carbocycles. The summed E-state index contributed by atoms with van der Waals surface area (Å²) in [4.78, 5) is 0. The number of furan rings is 1. The molecule has 11 heavy (non-hydrogen) atoms. The van der Waals surface area contributed by atoms with E-state index >= 15 is 0 Å². The smallest absolute Gasteiger partial charge is 0.117 e. The molecule has 0 spiro atoms. The lowest BCUT2D eigenvalue weighted by molar-refractivity contribution is 0.491. The summed E-state index contributed by atoms with van der Waals surface area (Å²) >= 11 is 0. The molecule has 1 heterocycles. The van der Waals surface area contributed by atoms with Crippen LogP contribution in [0.3, 0.4) is 0 Å². The molecule has 1 rings (SSSR count). The molecular weight excluding hydrogens is 138 g/mol. The molecule has 1 aromatic rings. The first-order valence-corrected chi connectivity index (χ1v) is 3.56. The fourth-order valence-corrected chi connectivity index (χ4v) is 0.750. The van der Waals surface area contributed by atoms with Crippen LogP contribution in [0.25, 0.3) is 0 Å². The van der Waals surface area contributed by atoms with E-state index in [0.29, 0.717) is 0 Å². The predicted molar refractivity (Wildman–Crippen MR) is 43.9 cm³/mol. The van der Waals surface area contributed by atoms with Crippen LogP contribution >= 0.6 is 0 Å². The fraction of sp³-hybridized carbons (Fsp3) is 0.333. The summed E-state index contributed by atoms with van der Waals surface area (Å²) < 4.78 is 5.10. The van der Waals surface area contributed by atoms with E-state index in [1.54, 1.807) is 6.26 Å². The van der Waals surface area contributed by atoms with Crippen LogP contribution in [-0.4, -0.2) is 6.54 Å². The Morgan fingerprint density at radius 2 is 2.55 bits per heavy atom. The average molecular weight is 149 g/mol. The Kier molecular flexibility index (Phi) is 3.30. The largest absolute Gasteiger partial charge is 0.468 e. The van der Waals surface area contributed by atoms with Crippen molar-refractivity contribution in [2.45, 2.75) is 13.5 Å². The van der Waals surface area contributed by atoms with Crippen LogP contribution in [0.2, 0.25) is 0 Å². The quantitative estimate of drug-likeness (QED) is 0.519. The van der Waals surface area contributed by atoms with Crippen LogP contribution in [-0.2, 0) is 6.54 Å². The molecule has 0 aliphatic rings. The molecule has 58 valence electrons. The average Bonchev–Trinajstić information content (AvgIpc) is 2.50. The van der Waals surface area contributed by atoms with Crippen LogP contribution < -0.4 is 5.32 Å². The molecule has 2 nitrogen and oxygen atoms in total. The number of nitrogens with one attached hydrogen (secondary N) is 1. The van der Waals surface area contributed by atoms with Gasteiger partial charge in [-0.3, -0.25) is 5.32 Å². The Hall–Kier alpha value is -1.20. The van der Waals surface area contributed by atoms with E-state index in [-0.39, 0.29) is 0 Å². The van der Waals surface area contributed by atoms with Gasteiger partial charge in [-0.05, 0) is 19.1 Å². The third-order valence-electron chi connectivity index (χ3n) is 1.27. The summed E-state index contributed by atoms with van der Waals surface area (Å²) in [5, 5.41) is 3.12. The van der Waals surface area contributed by atoms with Crippen molar-refractivity contribution in [2.24, 2.45) is 0 Å². The molecule has 0 saturated carbocycles. The summed E-state index contributed by atoms with van der Waals surface area (Å²) in [6.07, 6.45) is 1.67. The standard InChI is InChI=1S/C9H11NO/c1-2-3-6-10-8-9-5-4-7-11-9/h4-5,7,10H,6,8H2,1H3. The molecule has 1 aromatic heterocycles. The van der Waals surface area contributed by atoms with Gasteiger partial charge in [0.2, 0.25) is 0 Å². The summed E-state index contributed by atoms with van der Waals surface area (Å²) in [5.74, 6) is 6.66. The molecule has 0 atom stereocenters. The van der Waals surface area contributed by atoms with Gasteiger partial charge < -0.3 is 4.42 Å². The lowest BCUT2D eigenvalue weighted by Crippen LogP contribution is -2.12.